The van der Waals surface area contributed by atoms with E-state index in [1.165, 1.54) is 26.0 Å². The van der Waals surface area contributed by atoms with Gasteiger partial charge in [0.05, 0.1) is 5.56 Å². The third-order valence-electron chi connectivity index (χ3n) is 2.01. The standard InChI is InChI=1S/C11H10ClF3O2/c1-10(2,9(12)16)17-8-5-3-4-7(6-8)11(13,14)15/h3-6H,1-2H3. The summed E-state index contributed by atoms with van der Waals surface area (Å²) >= 11 is 5.26. The molecule has 0 heterocycles. The van der Waals surface area contributed by atoms with Crippen LogP contribution in [0.15, 0.2) is 24.3 Å². The zero-order valence-corrected chi connectivity index (χ0v) is 9.89. The van der Waals surface area contributed by atoms with Gasteiger partial charge in [-0.25, -0.2) is 0 Å². The summed E-state index contributed by atoms with van der Waals surface area (Å²) in [4.78, 5) is 11.0. The smallest absolute Gasteiger partial charge is 0.416 e. The molecule has 94 valence electrons. The Morgan fingerprint density at radius 2 is 1.88 bits per heavy atom. The lowest BCUT2D eigenvalue weighted by atomic mass is 10.1. The van der Waals surface area contributed by atoms with Crippen LogP contribution in [0.25, 0.3) is 0 Å². The number of carbonyl (C=O) groups excluding carboxylic acids is 1. The van der Waals surface area contributed by atoms with Crippen LogP contribution in [0.5, 0.6) is 5.75 Å². The third-order valence-corrected chi connectivity index (χ3v) is 2.46. The largest absolute Gasteiger partial charge is 0.479 e. The molecule has 0 N–H and O–H groups in total. The first-order valence-electron chi connectivity index (χ1n) is 4.69. The lowest BCUT2D eigenvalue weighted by Crippen LogP contribution is -2.34. The Kier molecular flexibility index (Phi) is 3.71. The van der Waals surface area contributed by atoms with Crippen molar-refractivity contribution in [1.82, 2.24) is 0 Å². The van der Waals surface area contributed by atoms with Gasteiger partial charge in [0, 0.05) is 0 Å². The van der Waals surface area contributed by atoms with E-state index in [2.05, 4.69) is 0 Å². The molecule has 0 saturated carbocycles. The molecule has 0 aliphatic heterocycles. The van der Waals surface area contributed by atoms with E-state index in [1.54, 1.807) is 0 Å². The number of ether oxygens (including phenoxy) is 1. The van der Waals surface area contributed by atoms with Crippen molar-refractivity contribution in [2.75, 3.05) is 0 Å². The van der Waals surface area contributed by atoms with E-state index in [0.29, 0.717) is 0 Å². The fourth-order valence-corrected chi connectivity index (χ4v) is 1.11. The van der Waals surface area contributed by atoms with Crippen LogP contribution in [0.4, 0.5) is 13.2 Å². The van der Waals surface area contributed by atoms with Crippen LogP contribution in [0, 0.1) is 0 Å². The average Bonchev–Trinajstić information content (AvgIpc) is 2.15. The number of carbonyl (C=O) groups is 1. The molecule has 1 rings (SSSR count). The summed E-state index contributed by atoms with van der Waals surface area (Å²) in [5, 5.41) is -0.782. The van der Waals surface area contributed by atoms with E-state index in [9.17, 15) is 18.0 Å². The van der Waals surface area contributed by atoms with E-state index in [0.717, 1.165) is 12.1 Å². The number of hydrogen-bond donors (Lipinski definition) is 0. The van der Waals surface area contributed by atoms with Crippen LogP contribution in [-0.4, -0.2) is 10.8 Å². The molecule has 0 fully saturated rings. The Labute approximate surface area is 101 Å². The first kappa shape index (κ1) is 13.8. The van der Waals surface area contributed by atoms with Gasteiger partial charge in [-0.3, -0.25) is 4.79 Å². The summed E-state index contributed by atoms with van der Waals surface area (Å²) in [5.41, 5.74) is -2.21. The predicted molar refractivity (Wildman–Crippen MR) is 57.0 cm³/mol. The van der Waals surface area contributed by atoms with E-state index >= 15 is 0 Å². The number of benzene rings is 1. The fourth-order valence-electron chi connectivity index (χ4n) is 1.07. The van der Waals surface area contributed by atoms with E-state index in [4.69, 9.17) is 16.3 Å². The fraction of sp³-hybridized carbons (Fsp3) is 0.364. The topological polar surface area (TPSA) is 26.3 Å². The van der Waals surface area contributed by atoms with Crippen molar-refractivity contribution in [2.24, 2.45) is 0 Å². The molecular formula is C11H10ClF3O2. The van der Waals surface area contributed by atoms with Gasteiger partial charge < -0.3 is 4.74 Å². The Balaban J connectivity index is 2.98. The third kappa shape index (κ3) is 3.63. The Bertz CT molecular complexity index is 427. The van der Waals surface area contributed by atoms with Crippen molar-refractivity contribution in [1.29, 1.82) is 0 Å². The van der Waals surface area contributed by atoms with Crippen molar-refractivity contribution in [3.05, 3.63) is 29.8 Å². The predicted octanol–water partition coefficient (Wildman–Crippen LogP) is 3.63. The Hall–Kier alpha value is -1.23. The van der Waals surface area contributed by atoms with Crippen LogP contribution in [0.3, 0.4) is 0 Å². The minimum absolute atomic E-state index is 0.0566. The van der Waals surface area contributed by atoms with Gasteiger partial charge in [0.1, 0.15) is 5.75 Å². The van der Waals surface area contributed by atoms with Crippen molar-refractivity contribution in [2.45, 2.75) is 25.6 Å². The van der Waals surface area contributed by atoms with Gasteiger partial charge in [0.2, 0.25) is 0 Å². The molecule has 2 nitrogen and oxygen atoms in total. The molecule has 0 bridgehead atoms. The molecule has 6 heteroatoms. The van der Waals surface area contributed by atoms with Crippen molar-refractivity contribution < 1.29 is 22.7 Å². The molecule has 0 aliphatic rings. The summed E-state index contributed by atoms with van der Waals surface area (Å²) in [6, 6.07) is 4.27. The highest BCUT2D eigenvalue weighted by Gasteiger charge is 2.32. The van der Waals surface area contributed by atoms with Gasteiger partial charge in [-0.15, -0.1) is 0 Å². The number of alkyl halides is 3. The molecule has 0 radical (unpaired) electrons. The van der Waals surface area contributed by atoms with Crippen molar-refractivity contribution in [3.63, 3.8) is 0 Å². The lowest BCUT2D eigenvalue weighted by Gasteiger charge is -2.22. The van der Waals surface area contributed by atoms with Gasteiger partial charge >= 0.3 is 6.18 Å². The van der Waals surface area contributed by atoms with Crippen molar-refractivity contribution >= 4 is 16.8 Å². The minimum Gasteiger partial charge on any atom is -0.479 e. The van der Waals surface area contributed by atoms with Gasteiger partial charge in [0.25, 0.3) is 5.24 Å². The maximum Gasteiger partial charge on any atom is 0.416 e. The first-order valence-corrected chi connectivity index (χ1v) is 5.07. The monoisotopic (exact) mass is 266 g/mol. The SMILES string of the molecule is CC(C)(Oc1cccc(C(F)(F)F)c1)C(=O)Cl. The summed E-state index contributed by atoms with van der Waals surface area (Å²) < 4.78 is 42.3. The number of hydrogen-bond acceptors (Lipinski definition) is 2. The van der Waals surface area contributed by atoms with Gasteiger partial charge in [0.15, 0.2) is 5.60 Å². The summed E-state index contributed by atoms with van der Waals surface area (Å²) in [5.74, 6) is -0.0566. The van der Waals surface area contributed by atoms with Crippen LogP contribution in [-0.2, 0) is 11.0 Å². The zero-order valence-electron chi connectivity index (χ0n) is 9.14. The second kappa shape index (κ2) is 4.56. The molecule has 0 aliphatic carbocycles. The van der Waals surface area contributed by atoms with E-state index < -0.39 is 22.6 Å². The minimum atomic E-state index is -4.45. The Morgan fingerprint density at radius 3 is 2.35 bits per heavy atom. The number of rotatable bonds is 3. The van der Waals surface area contributed by atoms with Gasteiger partial charge in [-0.1, -0.05) is 6.07 Å². The van der Waals surface area contributed by atoms with Crippen molar-refractivity contribution in [3.8, 4) is 5.75 Å². The maximum atomic E-state index is 12.4. The summed E-state index contributed by atoms with van der Waals surface area (Å²) in [7, 11) is 0. The highest BCUT2D eigenvalue weighted by atomic mass is 35.5. The summed E-state index contributed by atoms with van der Waals surface area (Å²) in [6.45, 7) is 2.76. The summed E-state index contributed by atoms with van der Waals surface area (Å²) in [6.07, 6.45) is -4.45. The molecule has 0 amide bonds. The zero-order chi connectivity index (χ0) is 13.3. The average molecular weight is 267 g/mol. The van der Waals surface area contributed by atoms with E-state index in [-0.39, 0.29) is 5.75 Å². The number of halogens is 4. The molecule has 0 atom stereocenters. The second-order valence-electron chi connectivity index (χ2n) is 3.91. The van der Waals surface area contributed by atoms with Crippen LogP contribution in [0.2, 0.25) is 0 Å². The molecule has 1 aromatic rings. The molecule has 0 aromatic heterocycles. The molecular weight excluding hydrogens is 257 g/mol. The van der Waals surface area contributed by atoms with Gasteiger partial charge in [-0.05, 0) is 43.6 Å². The van der Waals surface area contributed by atoms with Gasteiger partial charge in [-0.2, -0.15) is 13.2 Å². The highest BCUT2D eigenvalue weighted by molar-refractivity contribution is 6.65. The molecule has 0 unspecified atom stereocenters. The van der Waals surface area contributed by atoms with Crippen LogP contribution < -0.4 is 4.74 Å². The highest BCUT2D eigenvalue weighted by Crippen LogP contribution is 2.32. The molecule has 0 spiro atoms. The molecule has 1 aromatic carbocycles. The van der Waals surface area contributed by atoms with Crippen LogP contribution in [0.1, 0.15) is 19.4 Å². The van der Waals surface area contributed by atoms with E-state index in [1.807, 2.05) is 0 Å². The Morgan fingerprint density at radius 1 is 1.29 bits per heavy atom. The molecule has 17 heavy (non-hydrogen) atoms. The van der Waals surface area contributed by atoms with Crippen LogP contribution >= 0.6 is 11.6 Å². The maximum absolute atomic E-state index is 12.4. The lowest BCUT2D eigenvalue weighted by molar-refractivity contribution is -0.137. The second-order valence-corrected chi connectivity index (χ2v) is 4.25. The quantitative estimate of drug-likeness (QED) is 0.781. The first-order chi connectivity index (χ1) is 7.63. The molecule has 0 saturated heterocycles. The normalized spacial score (nSPS) is 12.4.